The molecule has 0 radical (unpaired) electrons. The van der Waals surface area contributed by atoms with Gasteiger partial charge in [0.25, 0.3) is 0 Å². The minimum absolute atomic E-state index is 0.210. The molecule has 1 aromatic rings. The smallest absolute Gasteiger partial charge is 0.360 e. The van der Waals surface area contributed by atoms with Crippen LogP contribution in [0.15, 0.2) is 23.3 Å². The molecule has 1 aromatic heterocycles. The average molecular weight is 181 g/mol. The Kier molecular flexibility index (Phi) is 3.25. The second-order valence-electron chi connectivity index (χ2n) is 2.45. The van der Waals surface area contributed by atoms with Crippen molar-refractivity contribution in [2.75, 3.05) is 7.11 Å². The van der Waals surface area contributed by atoms with Crippen LogP contribution in [0.3, 0.4) is 0 Å². The lowest BCUT2D eigenvalue weighted by molar-refractivity contribution is 0.0594. The molecule has 0 amide bonds. The highest BCUT2D eigenvalue weighted by molar-refractivity contribution is 5.86. The summed E-state index contributed by atoms with van der Waals surface area (Å²) in [5.41, 5.74) is 0.210. The molecule has 0 aliphatic carbocycles. The molecular weight excluding hydrogens is 170 g/mol. The molecule has 0 fully saturated rings. The average Bonchev–Trinajstić information content (AvgIpc) is 2.62. The van der Waals surface area contributed by atoms with Crippen molar-refractivity contribution in [3.8, 4) is 0 Å². The number of oxazole rings is 1. The van der Waals surface area contributed by atoms with Gasteiger partial charge in [0.05, 0.1) is 7.11 Å². The molecule has 0 aromatic carbocycles. The summed E-state index contributed by atoms with van der Waals surface area (Å²) in [5.74, 6) is 0.0499. The molecule has 4 nitrogen and oxygen atoms in total. The van der Waals surface area contributed by atoms with E-state index in [1.165, 1.54) is 13.4 Å². The molecule has 0 aliphatic heterocycles. The minimum atomic E-state index is -0.478. The Hall–Kier alpha value is -1.58. The van der Waals surface area contributed by atoms with E-state index in [0.29, 0.717) is 12.3 Å². The zero-order chi connectivity index (χ0) is 9.68. The van der Waals surface area contributed by atoms with Crippen molar-refractivity contribution in [3.63, 3.8) is 0 Å². The molecule has 0 N–H and O–H groups in total. The van der Waals surface area contributed by atoms with Crippen molar-refractivity contribution >= 4 is 5.97 Å². The highest BCUT2D eigenvalue weighted by Crippen LogP contribution is 2.05. The Morgan fingerprint density at radius 3 is 3.23 bits per heavy atom. The van der Waals surface area contributed by atoms with E-state index in [-0.39, 0.29) is 5.69 Å². The van der Waals surface area contributed by atoms with Gasteiger partial charge in [-0.2, -0.15) is 0 Å². The van der Waals surface area contributed by atoms with E-state index in [0.717, 1.165) is 6.42 Å². The molecule has 0 unspecified atom stereocenters. The lowest BCUT2D eigenvalue weighted by Gasteiger charge is -1.90. The first kappa shape index (κ1) is 9.51. The molecule has 0 spiro atoms. The molecule has 0 atom stereocenters. The number of nitrogens with zero attached hydrogens (tertiary/aromatic N) is 1. The van der Waals surface area contributed by atoms with Crippen LogP contribution in [0.5, 0.6) is 0 Å². The first-order valence-electron chi connectivity index (χ1n) is 3.91. The lowest BCUT2D eigenvalue weighted by Crippen LogP contribution is -2.01. The highest BCUT2D eigenvalue weighted by Gasteiger charge is 2.11. The number of aryl methyl sites for hydroxylation is 1. The summed E-state index contributed by atoms with van der Waals surface area (Å²) in [7, 11) is 1.31. The molecule has 13 heavy (non-hydrogen) atoms. The summed E-state index contributed by atoms with van der Waals surface area (Å²) < 4.78 is 9.50. The zero-order valence-electron chi connectivity index (χ0n) is 7.45. The monoisotopic (exact) mass is 181 g/mol. The predicted molar refractivity (Wildman–Crippen MR) is 46.4 cm³/mol. The summed E-state index contributed by atoms with van der Waals surface area (Å²) in [5, 5.41) is 0. The van der Waals surface area contributed by atoms with Gasteiger partial charge in [-0.15, -0.1) is 6.58 Å². The number of aromatic nitrogens is 1. The van der Waals surface area contributed by atoms with Gasteiger partial charge in [0, 0.05) is 6.42 Å². The van der Waals surface area contributed by atoms with Crippen molar-refractivity contribution in [3.05, 3.63) is 30.5 Å². The fraction of sp³-hybridized carbons (Fsp3) is 0.333. The number of hydrogen-bond acceptors (Lipinski definition) is 4. The van der Waals surface area contributed by atoms with Crippen molar-refractivity contribution in [1.29, 1.82) is 0 Å². The largest absolute Gasteiger partial charge is 0.464 e. The molecule has 0 saturated carbocycles. The molecule has 70 valence electrons. The SMILES string of the molecule is C=CCCc1nc(C(=O)OC)co1. The molecule has 0 saturated heterocycles. The number of methoxy groups -OCH3 is 1. The second kappa shape index (κ2) is 4.45. The quantitative estimate of drug-likeness (QED) is 0.522. The summed E-state index contributed by atoms with van der Waals surface area (Å²) in [4.78, 5) is 14.9. The van der Waals surface area contributed by atoms with Crippen LogP contribution in [0.25, 0.3) is 0 Å². The number of carbonyl (C=O) groups is 1. The van der Waals surface area contributed by atoms with E-state index < -0.39 is 5.97 Å². The van der Waals surface area contributed by atoms with Crippen LogP contribution in [0, 0.1) is 0 Å². The van der Waals surface area contributed by atoms with Crippen molar-refractivity contribution in [2.45, 2.75) is 12.8 Å². The van der Waals surface area contributed by atoms with Crippen molar-refractivity contribution in [1.82, 2.24) is 4.98 Å². The maximum absolute atomic E-state index is 10.9. The third-order valence-electron chi connectivity index (χ3n) is 1.51. The fourth-order valence-electron chi connectivity index (χ4n) is 0.850. The van der Waals surface area contributed by atoms with Gasteiger partial charge < -0.3 is 9.15 Å². The number of ether oxygens (including phenoxy) is 1. The van der Waals surface area contributed by atoms with Gasteiger partial charge in [0.15, 0.2) is 11.6 Å². The van der Waals surface area contributed by atoms with Gasteiger partial charge in [0.1, 0.15) is 6.26 Å². The first-order valence-corrected chi connectivity index (χ1v) is 3.91. The number of allylic oxidation sites excluding steroid dienone is 1. The standard InChI is InChI=1S/C9H11NO3/c1-3-4-5-8-10-7(6-13-8)9(11)12-2/h3,6H,1,4-5H2,2H3. The number of rotatable bonds is 4. The molecule has 1 rings (SSSR count). The number of esters is 1. The Bertz CT molecular complexity index is 304. The maximum atomic E-state index is 10.9. The van der Waals surface area contributed by atoms with Crippen LogP contribution in [0.4, 0.5) is 0 Å². The third-order valence-corrected chi connectivity index (χ3v) is 1.51. The van der Waals surface area contributed by atoms with E-state index in [2.05, 4.69) is 16.3 Å². The van der Waals surface area contributed by atoms with Crippen LogP contribution in [-0.4, -0.2) is 18.1 Å². The van der Waals surface area contributed by atoms with Gasteiger partial charge in [-0.1, -0.05) is 6.08 Å². The molecular formula is C9H11NO3. The molecule has 0 bridgehead atoms. The molecule has 0 aliphatic rings. The van der Waals surface area contributed by atoms with E-state index in [4.69, 9.17) is 4.42 Å². The third kappa shape index (κ3) is 2.43. The number of carbonyl (C=O) groups excluding carboxylic acids is 1. The minimum Gasteiger partial charge on any atom is -0.464 e. The zero-order valence-corrected chi connectivity index (χ0v) is 7.45. The summed E-state index contributed by atoms with van der Waals surface area (Å²) in [6.07, 6.45) is 4.49. The first-order chi connectivity index (χ1) is 6.27. The molecule has 1 heterocycles. The second-order valence-corrected chi connectivity index (χ2v) is 2.45. The Balaban J connectivity index is 2.63. The number of hydrogen-bond donors (Lipinski definition) is 0. The van der Waals surface area contributed by atoms with E-state index in [9.17, 15) is 4.79 Å². The topological polar surface area (TPSA) is 52.3 Å². The summed E-state index contributed by atoms with van der Waals surface area (Å²) >= 11 is 0. The van der Waals surface area contributed by atoms with Crippen LogP contribution in [-0.2, 0) is 11.2 Å². The van der Waals surface area contributed by atoms with Crippen LogP contribution >= 0.6 is 0 Å². The van der Waals surface area contributed by atoms with Crippen LogP contribution in [0.1, 0.15) is 22.8 Å². The van der Waals surface area contributed by atoms with Gasteiger partial charge in [-0.25, -0.2) is 9.78 Å². The van der Waals surface area contributed by atoms with Gasteiger partial charge in [0.2, 0.25) is 0 Å². The van der Waals surface area contributed by atoms with Crippen molar-refractivity contribution in [2.24, 2.45) is 0 Å². The van der Waals surface area contributed by atoms with Crippen LogP contribution < -0.4 is 0 Å². The predicted octanol–water partition coefficient (Wildman–Crippen LogP) is 1.58. The van der Waals surface area contributed by atoms with Gasteiger partial charge >= 0.3 is 5.97 Å². The van der Waals surface area contributed by atoms with E-state index in [1.807, 2.05) is 0 Å². The highest BCUT2D eigenvalue weighted by atomic mass is 16.5. The summed E-state index contributed by atoms with van der Waals surface area (Å²) in [6, 6.07) is 0. The van der Waals surface area contributed by atoms with Gasteiger partial charge in [-0.05, 0) is 6.42 Å². The Morgan fingerprint density at radius 1 is 1.85 bits per heavy atom. The van der Waals surface area contributed by atoms with Gasteiger partial charge in [-0.3, -0.25) is 0 Å². The Labute approximate surface area is 76.2 Å². The maximum Gasteiger partial charge on any atom is 0.360 e. The van der Waals surface area contributed by atoms with E-state index in [1.54, 1.807) is 6.08 Å². The normalized spacial score (nSPS) is 9.62. The van der Waals surface area contributed by atoms with Crippen molar-refractivity contribution < 1.29 is 13.9 Å². The van der Waals surface area contributed by atoms with E-state index >= 15 is 0 Å². The summed E-state index contributed by atoms with van der Waals surface area (Å²) in [6.45, 7) is 3.57. The lowest BCUT2D eigenvalue weighted by atomic mass is 10.3. The molecule has 4 heteroatoms. The fourth-order valence-corrected chi connectivity index (χ4v) is 0.850. The van der Waals surface area contributed by atoms with Crippen LogP contribution in [0.2, 0.25) is 0 Å². The Morgan fingerprint density at radius 2 is 2.62 bits per heavy atom.